The number of nitrogens with zero attached hydrogens (tertiary/aromatic N) is 5. The summed E-state index contributed by atoms with van der Waals surface area (Å²) in [7, 11) is 1.69. The van der Waals surface area contributed by atoms with Gasteiger partial charge in [0.25, 0.3) is 0 Å². The smallest absolute Gasteiger partial charge is 0.387 e. The number of hydrogen-bond donors (Lipinski definition) is 0. The molecule has 0 spiro atoms. The number of halogens is 2. The minimum Gasteiger partial charge on any atom is -0.435 e. The first-order valence-corrected chi connectivity index (χ1v) is 11.5. The van der Waals surface area contributed by atoms with Gasteiger partial charge in [0.2, 0.25) is 11.1 Å². The van der Waals surface area contributed by atoms with Gasteiger partial charge in [-0.15, -0.1) is 10.2 Å². The van der Waals surface area contributed by atoms with E-state index in [2.05, 4.69) is 31.4 Å². The Kier molecular flexibility index (Phi) is 7.02. The number of benzene rings is 2. The molecule has 0 saturated heterocycles. The van der Waals surface area contributed by atoms with Crippen molar-refractivity contribution >= 4 is 39.7 Å². The zero-order valence-electron chi connectivity index (χ0n) is 18.2. The number of thioether (sulfide) groups is 1. The predicted molar refractivity (Wildman–Crippen MR) is 123 cm³/mol. The fourth-order valence-electron chi connectivity index (χ4n) is 3.58. The zero-order valence-corrected chi connectivity index (χ0v) is 19.1. The number of hydrogen-bond acceptors (Lipinski definition) is 6. The Labute approximate surface area is 193 Å². The number of amides is 1. The minimum atomic E-state index is -2.86. The number of carbonyl (C=O) groups excluding carboxylic acids is 1. The number of fused-ring (bicyclic) bond motifs is 3. The van der Waals surface area contributed by atoms with Gasteiger partial charge >= 0.3 is 6.61 Å². The molecule has 0 aliphatic heterocycles. The Morgan fingerprint density at radius 2 is 1.91 bits per heavy atom. The van der Waals surface area contributed by atoms with Crippen LogP contribution in [-0.2, 0) is 17.9 Å². The summed E-state index contributed by atoms with van der Waals surface area (Å²) in [6.07, 6.45) is 0.957. The highest BCUT2D eigenvalue weighted by Gasteiger charge is 2.16. The predicted octanol–water partition coefficient (Wildman–Crippen LogP) is 4.74. The Morgan fingerprint density at radius 3 is 2.64 bits per heavy atom. The van der Waals surface area contributed by atoms with Gasteiger partial charge in [-0.1, -0.05) is 49.0 Å². The Hall–Kier alpha value is -3.27. The van der Waals surface area contributed by atoms with Crippen LogP contribution in [0, 0.1) is 0 Å². The van der Waals surface area contributed by atoms with E-state index in [1.807, 2.05) is 24.3 Å². The van der Waals surface area contributed by atoms with Crippen molar-refractivity contribution in [3.05, 3.63) is 54.1 Å². The summed E-state index contributed by atoms with van der Waals surface area (Å²) in [6, 6.07) is 14.2. The average Bonchev–Trinajstić information content (AvgIpc) is 3.12. The van der Waals surface area contributed by atoms with E-state index in [9.17, 15) is 13.6 Å². The third kappa shape index (κ3) is 5.22. The number of aryl methyl sites for hydroxylation is 1. The Balaban J connectivity index is 1.42. The highest BCUT2D eigenvalue weighted by atomic mass is 32.2. The van der Waals surface area contributed by atoms with Crippen LogP contribution >= 0.6 is 11.8 Å². The van der Waals surface area contributed by atoms with Crippen molar-refractivity contribution in [2.75, 3.05) is 12.8 Å². The van der Waals surface area contributed by atoms with Crippen LogP contribution in [-0.4, -0.2) is 50.0 Å². The topological polar surface area (TPSA) is 73.1 Å². The van der Waals surface area contributed by atoms with E-state index in [4.69, 9.17) is 0 Å². The van der Waals surface area contributed by atoms with E-state index < -0.39 is 6.61 Å². The summed E-state index contributed by atoms with van der Waals surface area (Å²) in [5.41, 5.74) is 3.40. The van der Waals surface area contributed by atoms with Crippen LogP contribution in [0.15, 0.2) is 53.7 Å². The first-order chi connectivity index (χ1) is 16.0. The first-order valence-electron chi connectivity index (χ1n) is 10.5. The lowest BCUT2D eigenvalue weighted by Gasteiger charge is -2.17. The molecular formula is C23H23F2N5O2S. The Morgan fingerprint density at radius 1 is 1.15 bits per heavy atom. The lowest BCUT2D eigenvalue weighted by Crippen LogP contribution is -2.27. The van der Waals surface area contributed by atoms with Crippen LogP contribution in [0.3, 0.4) is 0 Å². The van der Waals surface area contributed by atoms with Crippen LogP contribution in [0.25, 0.3) is 22.1 Å². The summed E-state index contributed by atoms with van der Waals surface area (Å²) < 4.78 is 31.0. The van der Waals surface area contributed by atoms with Crippen molar-refractivity contribution in [3.63, 3.8) is 0 Å². The maximum Gasteiger partial charge on any atom is 0.387 e. The molecule has 2 aromatic heterocycles. The fraction of sp³-hybridized carbons (Fsp3) is 0.304. The third-order valence-electron chi connectivity index (χ3n) is 5.12. The molecule has 33 heavy (non-hydrogen) atoms. The molecule has 172 valence electrons. The number of carbonyl (C=O) groups is 1. The molecule has 0 bridgehead atoms. The Bertz CT molecular complexity index is 1260. The van der Waals surface area contributed by atoms with Crippen molar-refractivity contribution in [2.45, 2.75) is 38.2 Å². The van der Waals surface area contributed by atoms with Crippen LogP contribution in [0.2, 0.25) is 0 Å². The molecule has 0 fully saturated rings. The summed E-state index contributed by atoms with van der Waals surface area (Å²) in [5.74, 6) is 0.133. The third-order valence-corrected chi connectivity index (χ3v) is 5.94. The number of ether oxygens (including phenoxy) is 1. The molecule has 0 saturated carbocycles. The van der Waals surface area contributed by atoms with Gasteiger partial charge in [0.1, 0.15) is 11.3 Å². The van der Waals surface area contributed by atoms with E-state index in [0.717, 1.165) is 40.6 Å². The molecule has 0 N–H and O–H groups in total. The van der Waals surface area contributed by atoms with Gasteiger partial charge in [0, 0.05) is 25.5 Å². The summed E-state index contributed by atoms with van der Waals surface area (Å²) in [4.78, 5) is 18.9. The molecule has 2 heterocycles. The largest absolute Gasteiger partial charge is 0.435 e. The van der Waals surface area contributed by atoms with E-state index in [0.29, 0.717) is 11.7 Å². The maximum atomic E-state index is 12.6. The molecule has 10 heteroatoms. The molecule has 0 radical (unpaired) electrons. The number of alkyl halides is 2. The van der Waals surface area contributed by atoms with Gasteiger partial charge in [-0.05, 0) is 30.2 Å². The minimum absolute atomic E-state index is 0.0822. The van der Waals surface area contributed by atoms with Gasteiger partial charge in [-0.25, -0.2) is 4.98 Å². The van der Waals surface area contributed by atoms with E-state index in [1.165, 1.54) is 23.9 Å². The molecule has 1 amide bonds. The van der Waals surface area contributed by atoms with Gasteiger partial charge in [-0.3, -0.25) is 4.79 Å². The number of rotatable bonds is 9. The molecule has 4 aromatic rings. The SMILES string of the molecule is CCCn1c2ccccc2c2nnc(SCC(=O)N(C)Cc3ccc(OC(F)F)cc3)nc21. The monoisotopic (exact) mass is 471 g/mol. The second kappa shape index (κ2) is 10.1. The highest BCUT2D eigenvalue weighted by Crippen LogP contribution is 2.27. The van der Waals surface area contributed by atoms with Crippen molar-refractivity contribution < 1.29 is 18.3 Å². The molecule has 2 aromatic carbocycles. The van der Waals surface area contributed by atoms with E-state index in [-0.39, 0.29) is 17.4 Å². The first kappa shape index (κ1) is 22.9. The molecular weight excluding hydrogens is 448 g/mol. The standard InChI is InChI=1S/C23H23F2N5O2S/c1-3-12-30-18-7-5-4-6-17(18)20-21(30)26-23(28-27-20)33-14-19(31)29(2)13-15-8-10-16(11-9-15)32-22(24)25/h4-11,22H,3,12-14H2,1-2H3. The number of para-hydroxylation sites is 1. The van der Waals surface area contributed by atoms with Gasteiger partial charge in [-0.2, -0.15) is 8.78 Å². The molecule has 0 unspecified atom stereocenters. The fourth-order valence-corrected chi connectivity index (χ4v) is 4.30. The maximum absolute atomic E-state index is 12.6. The van der Waals surface area contributed by atoms with Crippen molar-refractivity contribution in [2.24, 2.45) is 0 Å². The highest BCUT2D eigenvalue weighted by molar-refractivity contribution is 7.99. The quantitative estimate of drug-likeness (QED) is 0.328. The molecule has 0 atom stereocenters. The van der Waals surface area contributed by atoms with Gasteiger partial charge < -0.3 is 14.2 Å². The average molecular weight is 472 g/mol. The van der Waals surface area contributed by atoms with Crippen LogP contribution in [0.5, 0.6) is 5.75 Å². The second-order valence-corrected chi connectivity index (χ2v) is 8.44. The van der Waals surface area contributed by atoms with E-state index in [1.54, 1.807) is 24.1 Å². The van der Waals surface area contributed by atoms with Crippen LogP contribution in [0.4, 0.5) is 8.78 Å². The van der Waals surface area contributed by atoms with Crippen molar-refractivity contribution in [1.29, 1.82) is 0 Å². The van der Waals surface area contributed by atoms with Crippen molar-refractivity contribution in [3.8, 4) is 5.75 Å². The summed E-state index contributed by atoms with van der Waals surface area (Å²) >= 11 is 1.24. The van der Waals surface area contributed by atoms with Crippen LogP contribution in [0.1, 0.15) is 18.9 Å². The molecule has 0 aliphatic rings. The molecule has 0 aliphatic carbocycles. The van der Waals surface area contributed by atoms with Crippen LogP contribution < -0.4 is 4.74 Å². The number of aromatic nitrogens is 4. The molecule has 7 nitrogen and oxygen atoms in total. The van der Waals surface area contributed by atoms with Gasteiger partial charge in [0.05, 0.1) is 11.3 Å². The second-order valence-electron chi connectivity index (χ2n) is 7.50. The lowest BCUT2D eigenvalue weighted by atomic mass is 10.2. The zero-order chi connectivity index (χ0) is 23.4. The van der Waals surface area contributed by atoms with Crippen molar-refractivity contribution in [1.82, 2.24) is 24.6 Å². The molecule has 4 rings (SSSR count). The van der Waals surface area contributed by atoms with E-state index >= 15 is 0 Å². The normalized spacial score (nSPS) is 11.4. The lowest BCUT2D eigenvalue weighted by molar-refractivity contribution is -0.127. The summed E-state index contributed by atoms with van der Waals surface area (Å²) in [6.45, 7) is 0.405. The summed E-state index contributed by atoms with van der Waals surface area (Å²) in [5, 5.41) is 10.1. The van der Waals surface area contributed by atoms with Gasteiger partial charge in [0.15, 0.2) is 5.65 Å².